The first-order valence-corrected chi connectivity index (χ1v) is 9.55. The van der Waals surface area contributed by atoms with Crippen molar-refractivity contribution in [1.29, 1.82) is 0 Å². The summed E-state index contributed by atoms with van der Waals surface area (Å²) >= 11 is 4.75. The Morgan fingerprint density at radius 3 is 2.80 bits per heavy atom. The number of benzene rings is 1. The fourth-order valence-electron chi connectivity index (χ4n) is 2.31. The van der Waals surface area contributed by atoms with Gasteiger partial charge in [0.2, 0.25) is 0 Å². The molecule has 134 valence electrons. The Morgan fingerprint density at radius 2 is 2.12 bits per heavy atom. The van der Waals surface area contributed by atoms with Gasteiger partial charge in [0.15, 0.2) is 5.82 Å². The number of halogens is 3. The predicted octanol–water partition coefficient (Wildman–Crippen LogP) is 5.06. The van der Waals surface area contributed by atoms with Crippen LogP contribution in [0.5, 0.6) is 0 Å². The largest absolute Gasteiger partial charge is 0.366 e. The molecule has 0 aromatic heterocycles. The maximum Gasteiger partial charge on any atom is 0.157 e. The smallest absolute Gasteiger partial charge is 0.157 e. The molecule has 7 heteroatoms. The van der Waals surface area contributed by atoms with Gasteiger partial charge in [-0.15, -0.1) is 0 Å². The number of hydrogen-bond donors (Lipinski definition) is 3. The highest BCUT2D eigenvalue weighted by Crippen LogP contribution is 2.35. The first kappa shape index (κ1) is 19.8. The molecule has 0 atom stereocenters. The second kappa shape index (κ2) is 9.22. The van der Waals surface area contributed by atoms with Crippen LogP contribution in [0.3, 0.4) is 0 Å². The van der Waals surface area contributed by atoms with E-state index in [4.69, 9.17) is 5.73 Å². The molecule has 3 nitrogen and oxygen atoms in total. The Kier molecular flexibility index (Phi) is 7.28. The highest BCUT2D eigenvalue weighted by atomic mass is 79.9. The second-order valence-electron chi connectivity index (χ2n) is 5.34. The summed E-state index contributed by atoms with van der Waals surface area (Å²) in [6.07, 6.45) is 6.10. The van der Waals surface area contributed by atoms with Crippen molar-refractivity contribution >= 4 is 39.1 Å². The number of allylic oxidation sites excluding steroid dienone is 3. The van der Waals surface area contributed by atoms with E-state index in [-0.39, 0.29) is 23.4 Å². The third-order valence-electron chi connectivity index (χ3n) is 3.53. The molecule has 0 spiro atoms. The Morgan fingerprint density at radius 1 is 1.36 bits per heavy atom. The van der Waals surface area contributed by atoms with Crippen LogP contribution >= 0.6 is 27.9 Å². The van der Waals surface area contributed by atoms with E-state index in [9.17, 15) is 8.78 Å². The van der Waals surface area contributed by atoms with Crippen LogP contribution in [0, 0.1) is 11.6 Å². The predicted molar refractivity (Wildman–Crippen MR) is 107 cm³/mol. The van der Waals surface area contributed by atoms with Crippen molar-refractivity contribution in [3.8, 4) is 0 Å². The lowest BCUT2D eigenvalue weighted by Crippen LogP contribution is -2.10. The summed E-state index contributed by atoms with van der Waals surface area (Å²) < 4.78 is 33.0. The monoisotopic (exact) mass is 427 g/mol. The number of anilines is 1. The SMILES string of the molecule is C=C(C1=CNC=C(Br)C=C1CN)c1c(F)ccc(NSCCC)c1F. The van der Waals surface area contributed by atoms with Gasteiger partial charge in [-0.3, -0.25) is 0 Å². The summed E-state index contributed by atoms with van der Waals surface area (Å²) in [5.74, 6) is -0.508. The third kappa shape index (κ3) is 4.74. The van der Waals surface area contributed by atoms with Gasteiger partial charge in [0.25, 0.3) is 0 Å². The summed E-state index contributed by atoms with van der Waals surface area (Å²) in [7, 11) is 0. The number of nitrogens with two attached hydrogens (primary N) is 1. The Balaban J connectivity index is 2.40. The summed E-state index contributed by atoms with van der Waals surface area (Å²) in [5.41, 5.74) is 7.38. The van der Waals surface area contributed by atoms with Crippen LogP contribution < -0.4 is 15.8 Å². The van der Waals surface area contributed by atoms with Crippen LogP contribution in [-0.4, -0.2) is 12.3 Å². The van der Waals surface area contributed by atoms with E-state index in [0.29, 0.717) is 5.57 Å². The first-order chi connectivity index (χ1) is 12.0. The van der Waals surface area contributed by atoms with Crippen molar-refractivity contribution in [1.82, 2.24) is 5.32 Å². The second-order valence-corrected chi connectivity index (χ2v) is 7.16. The molecule has 25 heavy (non-hydrogen) atoms. The zero-order chi connectivity index (χ0) is 18.4. The van der Waals surface area contributed by atoms with Crippen LogP contribution in [0.2, 0.25) is 0 Å². The van der Waals surface area contributed by atoms with Gasteiger partial charge in [0, 0.05) is 34.8 Å². The molecule has 0 amide bonds. The molecule has 0 bridgehead atoms. The lowest BCUT2D eigenvalue weighted by Gasteiger charge is -2.16. The topological polar surface area (TPSA) is 50.1 Å². The fraction of sp³-hybridized carbons (Fsp3) is 0.222. The van der Waals surface area contributed by atoms with Crippen LogP contribution in [0.4, 0.5) is 14.5 Å². The van der Waals surface area contributed by atoms with Crippen LogP contribution in [0.25, 0.3) is 5.57 Å². The zero-order valence-corrected chi connectivity index (χ0v) is 16.2. The zero-order valence-electron chi connectivity index (χ0n) is 13.8. The minimum absolute atomic E-state index is 0.160. The lowest BCUT2D eigenvalue weighted by molar-refractivity contribution is 0.580. The molecule has 0 aliphatic carbocycles. The maximum absolute atomic E-state index is 14.9. The Hall–Kier alpha value is -1.57. The normalized spacial score (nSPS) is 14.0. The van der Waals surface area contributed by atoms with Crippen LogP contribution in [-0.2, 0) is 0 Å². The lowest BCUT2D eigenvalue weighted by atomic mass is 9.93. The van der Waals surface area contributed by atoms with E-state index in [2.05, 4.69) is 32.5 Å². The Labute approximate surface area is 159 Å². The van der Waals surface area contributed by atoms with Gasteiger partial charge in [-0.2, -0.15) is 0 Å². The maximum atomic E-state index is 14.9. The van der Waals surface area contributed by atoms with Gasteiger partial charge in [-0.25, -0.2) is 8.78 Å². The molecule has 1 aliphatic rings. The van der Waals surface area contributed by atoms with E-state index in [0.717, 1.165) is 22.2 Å². The molecule has 0 radical (unpaired) electrons. The minimum Gasteiger partial charge on any atom is -0.366 e. The quantitative estimate of drug-likeness (QED) is 0.420. The van der Waals surface area contributed by atoms with Gasteiger partial charge in [-0.1, -0.05) is 25.5 Å². The van der Waals surface area contributed by atoms with Crippen molar-refractivity contribution in [3.63, 3.8) is 0 Å². The molecule has 0 fully saturated rings. The van der Waals surface area contributed by atoms with Crippen molar-refractivity contribution in [3.05, 3.63) is 70.0 Å². The molecule has 2 rings (SSSR count). The van der Waals surface area contributed by atoms with Crippen LogP contribution in [0.1, 0.15) is 18.9 Å². The molecule has 0 saturated heterocycles. The van der Waals surface area contributed by atoms with Crippen LogP contribution in [0.15, 0.2) is 52.8 Å². The third-order valence-corrected chi connectivity index (χ3v) is 4.97. The Bertz CT molecular complexity index is 757. The molecular formula is C18H20BrF2N3S. The van der Waals surface area contributed by atoms with E-state index >= 15 is 0 Å². The van der Waals surface area contributed by atoms with Gasteiger partial charge < -0.3 is 15.8 Å². The first-order valence-electron chi connectivity index (χ1n) is 7.77. The molecule has 0 unspecified atom stereocenters. The summed E-state index contributed by atoms with van der Waals surface area (Å²) in [6.45, 7) is 6.16. The number of hydrogen-bond acceptors (Lipinski definition) is 4. The molecule has 0 saturated carbocycles. The average molecular weight is 428 g/mol. The molecule has 4 N–H and O–H groups in total. The average Bonchev–Trinajstić information content (AvgIpc) is 2.78. The van der Waals surface area contributed by atoms with Gasteiger partial charge in [0.05, 0.1) is 11.3 Å². The number of rotatable bonds is 7. The standard InChI is InChI=1S/C18H20BrF2N3S/c1-3-6-25-24-16-5-4-15(20)17(18(16)21)11(2)14-10-23-9-13(19)7-12(14)8-22/h4-5,7,9-10,23-24H,2-3,6,8,22H2,1H3. The van der Waals surface area contributed by atoms with Gasteiger partial charge in [0.1, 0.15) is 5.82 Å². The fourth-order valence-corrected chi connectivity index (χ4v) is 3.33. The highest BCUT2D eigenvalue weighted by molar-refractivity contribution is 9.11. The summed E-state index contributed by atoms with van der Waals surface area (Å²) in [5, 5.41) is 2.95. The van der Waals surface area contributed by atoms with Crippen molar-refractivity contribution in [2.24, 2.45) is 5.73 Å². The van der Waals surface area contributed by atoms with E-state index < -0.39 is 11.6 Å². The highest BCUT2D eigenvalue weighted by Gasteiger charge is 2.21. The van der Waals surface area contributed by atoms with E-state index in [1.807, 2.05) is 6.92 Å². The molecule has 1 aliphatic heterocycles. The van der Waals surface area contributed by atoms with E-state index in [1.165, 1.54) is 24.1 Å². The molecule has 1 aromatic rings. The molecule has 1 aromatic carbocycles. The van der Waals surface area contributed by atoms with Crippen molar-refractivity contribution in [2.45, 2.75) is 13.3 Å². The van der Waals surface area contributed by atoms with Crippen molar-refractivity contribution < 1.29 is 8.78 Å². The summed E-state index contributed by atoms with van der Waals surface area (Å²) in [4.78, 5) is 0. The van der Waals surface area contributed by atoms with E-state index in [1.54, 1.807) is 18.5 Å². The molecule has 1 heterocycles. The summed E-state index contributed by atoms with van der Waals surface area (Å²) in [6, 6.07) is 2.63. The minimum atomic E-state index is -0.665. The number of nitrogens with one attached hydrogen (secondary N) is 2. The molecular weight excluding hydrogens is 408 g/mol. The van der Waals surface area contributed by atoms with Crippen molar-refractivity contribution in [2.75, 3.05) is 17.0 Å². The van der Waals surface area contributed by atoms with Gasteiger partial charge in [-0.05, 0) is 51.7 Å². The van der Waals surface area contributed by atoms with Gasteiger partial charge >= 0.3 is 0 Å².